The van der Waals surface area contributed by atoms with E-state index in [4.69, 9.17) is 4.52 Å². The highest BCUT2D eigenvalue weighted by Crippen LogP contribution is 2.23. The number of thioether (sulfide) groups is 1. The Morgan fingerprint density at radius 2 is 2.07 bits per heavy atom. The van der Waals surface area contributed by atoms with E-state index in [0.717, 1.165) is 4.88 Å². The van der Waals surface area contributed by atoms with Crippen molar-refractivity contribution in [3.05, 3.63) is 64.3 Å². The normalized spacial score (nSPS) is 11.8. The van der Waals surface area contributed by atoms with Gasteiger partial charge in [-0.05, 0) is 49.6 Å². The summed E-state index contributed by atoms with van der Waals surface area (Å²) in [5.74, 6) is 0.265. The number of aryl methyl sites for hydroxylation is 1. The number of halogens is 1. The Bertz CT molecular complexity index is 958. The zero-order valence-corrected chi connectivity index (χ0v) is 17.6. The molecule has 2 aromatic heterocycles. The zero-order valence-electron chi connectivity index (χ0n) is 15.9. The van der Waals surface area contributed by atoms with E-state index in [9.17, 15) is 14.0 Å². The summed E-state index contributed by atoms with van der Waals surface area (Å²) >= 11 is 2.77. The van der Waals surface area contributed by atoms with Crippen LogP contribution in [-0.4, -0.2) is 28.0 Å². The van der Waals surface area contributed by atoms with Gasteiger partial charge in [0.05, 0.1) is 17.5 Å². The molecule has 0 aliphatic rings. The number of amides is 2. The molecule has 0 bridgehead atoms. The molecule has 1 atom stereocenters. The Labute approximate surface area is 176 Å². The molecule has 3 aromatic rings. The number of carbonyl (C=O) groups is 2. The number of benzene rings is 1. The second-order valence-corrected chi connectivity index (χ2v) is 8.66. The lowest BCUT2D eigenvalue weighted by molar-refractivity contribution is -0.116. The highest BCUT2D eigenvalue weighted by Gasteiger charge is 2.21. The summed E-state index contributed by atoms with van der Waals surface area (Å²) in [5, 5.41) is 7.86. The average Bonchev–Trinajstić information content (AvgIpc) is 3.36. The molecular weight excluding hydrogens is 413 g/mol. The first kappa shape index (κ1) is 21.1. The van der Waals surface area contributed by atoms with E-state index < -0.39 is 5.25 Å². The predicted molar refractivity (Wildman–Crippen MR) is 114 cm³/mol. The van der Waals surface area contributed by atoms with Crippen LogP contribution in [0.15, 0.2) is 52.4 Å². The molecule has 9 heteroatoms. The molecule has 1 N–H and O–H groups in total. The fourth-order valence-electron chi connectivity index (χ4n) is 2.51. The Balaban J connectivity index is 1.62. The topological polar surface area (TPSA) is 75.4 Å². The number of aromatic nitrogens is 1. The molecule has 1 unspecified atom stereocenters. The summed E-state index contributed by atoms with van der Waals surface area (Å²) in [5.41, 5.74) is 0.612. The third-order valence-electron chi connectivity index (χ3n) is 4.04. The number of anilines is 2. The summed E-state index contributed by atoms with van der Waals surface area (Å²) in [6.45, 7) is 3.85. The minimum atomic E-state index is -0.465. The summed E-state index contributed by atoms with van der Waals surface area (Å²) in [4.78, 5) is 27.8. The van der Waals surface area contributed by atoms with Gasteiger partial charge in [0.1, 0.15) is 11.6 Å². The quantitative estimate of drug-likeness (QED) is 0.567. The minimum Gasteiger partial charge on any atom is -0.360 e. The summed E-state index contributed by atoms with van der Waals surface area (Å²) in [7, 11) is 0. The number of nitrogens with one attached hydrogen (secondary N) is 1. The average molecular weight is 434 g/mol. The number of carbonyl (C=O) groups excluding carboxylic acids is 2. The van der Waals surface area contributed by atoms with Crippen molar-refractivity contribution in [3.8, 4) is 0 Å². The molecule has 0 fully saturated rings. The van der Waals surface area contributed by atoms with Crippen molar-refractivity contribution in [1.82, 2.24) is 5.16 Å². The SMILES string of the molecule is Cc1cc(NC(=O)C(C)SCC(=O)N(Cc2cccs2)c2ccc(F)cc2)no1. The maximum atomic E-state index is 13.3. The molecule has 3 rings (SSSR count). The Morgan fingerprint density at radius 1 is 1.31 bits per heavy atom. The third-order valence-corrected chi connectivity index (χ3v) is 6.03. The van der Waals surface area contributed by atoms with Crippen molar-refractivity contribution in [2.24, 2.45) is 0 Å². The lowest BCUT2D eigenvalue weighted by Gasteiger charge is -2.23. The molecule has 0 spiro atoms. The molecule has 2 heterocycles. The molecular formula is C20H20FN3O3S2. The van der Waals surface area contributed by atoms with Gasteiger partial charge in [-0.25, -0.2) is 4.39 Å². The third kappa shape index (κ3) is 5.91. The van der Waals surface area contributed by atoms with Gasteiger partial charge in [-0.2, -0.15) is 0 Å². The van der Waals surface area contributed by atoms with E-state index in [1.807, 2.05) is 17.5 Å². The number of nitrogens with zero attached hydrogens (tertiary/aromatic N) is 2. The zero-order chi connectivity index (χ0) is 20.8. The van der Waals surface area contributed by atoms with Gasteiger partial charge in [-0.3, -0.25) is 9.59 Å². The molecule has 0 aliphatic carbocycles. The van der Waals surface area contributed by atoms with Crippen molar-refractivity contribution < 1.29 is 18.5 Å². The highest BCUT2D eigenvalue weighted by atomic mass is 32.2. The smallest absolute Gasteiger partial charge is 0.238 e. The van der Waals surface area contributed by atoms with Crippen LogP contribution < -0.4 is 10.2 Å². The lowest BCUT2D eigenvalue weighted by atomic mass is 10.2. The number of hydrogen-bond acceptors (Lipinski definition) is 6. The molecule has 1 aromatic carbocycles. The van der Waals surface area contributed by atoms with Gasteiger partial charge >= 0.3 is 0 Å². The van der Waals surface area contributed by atoms with Gasteiger partial charge in [0.25, 0.3) is 0 Å². The number of rotatable bonds is 8. The molecule has 152 valence electrons. The van der Waals surface area contributed by atoms with Gasteiger partial charge < -0.3 is 14.7 Å². The lowest BCUT2D eigenvalue weighted by Crippen LogP contribution is -2.33. The van der Waals surface area contributed by atoms with E-state index in [0.29, 0.717) is 23.8 Å². The second kappa shape index (κ2) is 9.71. The van der Waals surface area contributed by atoms with Crippen LogP contribution in [0.5, 0.6) is 0 Å². The van der Waals surface area contributed by atoms with Crippen LogP contribution in [0, 0.1) is 12.7 Å². The molecule has 29 heavy (non-hydrogen) atoms. The van der Waals surface area contributed by atoms with Crippen LogP contribution in [0.1, 0.15) is 17.6 Å². The van der Waals surface area contributed by atoms with Crippen LogP contribution in [0.3, 0.4) is 0 Å². The van der Waals surface area contributed by atoms with Gasteiger partial charge in [0.15, 0.2) is 5.82 Å². The van der Waals surface area contributed by atoms with E-state index in [1.165, 1.54) is 23.9 Å². The molecule has 0 radical (unpaired) electrons. The Hall–Kier alpha value is -2.65. The fourth-order valence-corrected chi connectivity index (χ4v) is 3.96. The van der Waals surface area contributed by atoms with Crippen LogP contribution in [0.25, 0.3) is 0 Å². The van der Waals surface area contributed by atoms with Crippen molar-refractivity contribution in [2.75, 3.05) is 16.0 Å². The maximum Gasteiger partial charge on any atom is 0.238 e. The second-order valence-electron chi connectivity index (χ2n) is 6.30. The van der Waals surface area contributed by atoms with Crippen LogP contribution in [-0.2, 0) is 16.1 Å². The van der Waals surface area contributed by atoms with Gasteiger partial charge in [-0.15, -0.1) is 23.1 Å². The standard InChI is InChI=1S/C20H20FN3O3S2/c1-13-10-18(23-27-13)22-20(26)14(2)29-12-19(25)24(11-17-4-3-9-28-17)16-7-5-15(21)6-8-16/h3-10,14H,11-12H2,1-2H3,(H,22,23,26). The summed E-state index contributed by atoms with van der Waals surface area (Å²) in [6, 6.07) is 11.3. The maximum absolute atomic E-state index is 13.3. The van der Waals surface area contributed by atoms with Gasteiger partial charge in [0, 0.05) is 16.6 Å². The van der Waals surface area contributed by atoms with Crippen molar-refractivity contribution in [3.63, 3.8) is 0 Å². The van der Waals surface area contributed by atoms with Crippen LogP contribution in [0.4, 0.5) is 15.9 Å². The van der Waals surface area contributed by atoms with Crippen molar-refractivity contribution in [1.29, 1.82) is 0 Å². The largest absolute Gasteiger partial charge is 0.360 e. The molecule has 6 nitrogen and oxygen atoms in total. The number of thiophene rings is 1. The first-order chi connectivity index (χ1) is 13.9. The van der Waals surface area contributed by atoms with Crippen LogP contribution >= 0.6 is 23.1 Å². The highest BCUT2D eigenvalue weighted by molar-refractivity contribution is 8.01. The van der Waals surface area contributed by atoms with Crippen molar-refractivity contribution in [2.45, 2.75) is 25.6 Å². The monoisotopic (exact) mass is 433 g/mol. The Kier molecular flexibility index (Phi) is 7.05. The van der Waals surface area contributed by atoms with Gasteiger partial charge in [0.2, 0.25) is 11.8 Å². The van der Waals surface area contributed by atoms with Crippen molar-refractivity contribution >= 4 is 46.4 Å². The fraction of sp³-hybridized carbons (Fsp3) is 0.250. The summed E-state index contributed by atoms with van der Waals surface area (Å²) < 4.78 is 18.2. The van der Waals surface area contributed by atoms with E-state index in [1.54, 1.807) is 48.3 Å². The molecule has 0 aliphatic heterocycles. The number of hydrogen-bond donors (Lipinski definition) is 1. The first-order valence-corrected chi connectivity index (χ1v) is 10.8. The molecule has 0 saturated heterocycles. The minimum absolute atomic E-state index is 0.106. The molecule has 0 saturated carbocycles. The summed E-state index contributed by atoms with van der Waals surface area (Å²) in [6.07, 6.45) is 0. The Morgan fingerprint density at radius 3 is 2.69 bits per heavy atom. The van der Waals surface area contributed by atoms with E-state index in [-0.39, 0.29) is 23.4 Å². The van der Waals surface area contributed by atoms with E-state index >= 15 is 0 Å². The van der Waals surface area contributed by atoms with Crippen LogP contribution in [0.2, 0.25) is 0 Å². The predicted octanol–water partition coefficient (Wildman–Crippen LogP) is 4.48. The van der Waals surface area contributed by atoms with E-state index in [2.05, 4.69) is 10.5 Å². The first-order valence-electron chi connectivity index (χ1n) is 8.86. The molecule has 2 amide bonds. The van der Waals surface area contributed by atoms with Gasteiger partial charge in [-0.1, -0.05) is 11.2 Å².